The van der Waals surface area contributed by atoms with Gasteiger partial charge in [-0.2, -0.15) is 11.8 Å². The van der Waals surface area contributed by atoms with E-state index >= 15 is 0 Å². The molecule has 0 amide bonds. The molecule has 0 saturated carbocycles. The summed E-state index contributed by atoms with van der Waals surface area (Å²) in [6, 6.07) is 1.09. The molecule has 0 aromatic heterocycles. The zero-order valence-electron chi connectivity index (χ0n) is 9.74. The number of hydrogen-bond acceptors (Lipinski definition) is 3. The second-order valence-electron chi connectivity index (χ2n) is 4.27. The van der Waals surface area contributed by atoms with Crippen LogP contribution >= 0.6 is 11.8 Å². The number of carboxylic acids is 1. The lowest BCUT2D eigenvalue weighted by Crippen LogP contribution is -2.45. The first kappa shape index (κ1) is 13.3. The van der Waals surface area contributed by atoms with Gasteiger partial charge in [-0.25, -0.2) is 8.78 Å². The average Bonchev–Trinajstić information content (AvgIpc) is 2.34. The number of halogens is 2. The van der Waals surface area contributed by atoms with E-state index in [1.807, 2.05) is 0 Å². The minimum atomic E-state index is -0.972. The third kappa shape index (κ3) is 2.64. The van der Waals surface area contributed by atoms with Crippen molar-refractivity contribution in [3.63, 3.8) is 0 Å². The summed E-state index contributed by atoms with van der Waals surface area (Å²) in [6.07, 6.45) is 0. The molecule has 1 aliphatic rings. The van der Waals surface area contributed by atoms with Gasteiger partial charge in [-0.1, -0.05) is 0 Å². The standard InChI is InChI=1S/C12H13F2NO2S/c1-6-2-9(14)7(3-8(6)13)10-4-18-5-11(15-10)12(16)17/h2-3,10-11,15H,4-5H2,1H3,(H,16,17). The number of nitrogens with one attached hydrogen (secondary N) is 1. The summed E-state index contributed by atoms with van der Waals surface area (Å²) in [6.45, 7) is 1.49. The first-order valence-electron chi connectivity index (χ1n) is 5.51. The van der Waals surface area contributed by atoms with Gasteiger partial charge in [-0.15, -0.1) is 0 Å². The third-order valence-corrected chi connectivity index (χ3v) is 4.06. The number of aliphatic carboxylic acids is 1. The topological polar surface area (TPSA) is 49.3 Å². The number of benzene rings is 1. The maximum Gasteiger partial charge on any atom is 0.321 e. The minimum absolute atomic E-state index is 0.191. The van der Waals surface area contributed by atoms with Crippen LogP contribution in [0.4, 0.5) is 8.78 Å². The quantitative estimate of drug-likeness (QED) is 0.866. The Balaban J connectivity index is 2.26. The first-order chi connectivity index (χ1) is 8.49. The van der Waals surface area contributed by atoms with Crippen molar-refractivity contribution in [3.05, 3.63) is 34.9 Å². The molecule has 1 fully saturated rings. The van der Waals surface area contributed by atoms with Gasteiger partial charge in [-0.3, -0.25) is 10.1 Å². The van der Waals surface area contributed by atoms with Gasteiger partial charge < -0.3 is 5.11 Å². The summed E-state index contributed by atoms with van der Waals surface area (Å²) >= 11 is 1.42. The molecule has 0 bridgehead atoms. The number of aryl methyl sites for hydroxylation is 1. The fraction of sp³-hybridized carbons (Fsp3) is 0.417. The van der Waals surface area contributed by atoms with Crippen molar-refractivity contribution < 1.29 is 18.7 Å². The van der Waals surface area contributed by atoms with E-state index in [1.165, 1.54) is 18.7 Å². The summed E-state index contributed by atoms with van der Waals surface area (Å²) in [5.74, 6) is -0.987. The summed E-state index contributed by atoms with van der Waals surface area (Å²) in [5.41, 5.74) is 0.436. The Morgan fingerprint density at radius 1 is 1.39 bits per heavy atom. The van der Waals surface area contributed by atoms with Crippen molar-refractivity contribution in [2.24, 2.45) is 0 Å². The summed E-state index contributed by atoms with van der Waals surface area (Å²) in [5, 5.41) is 11.8. The molecule has 2 rings (SSSR count). The molecule has 0 radical (unpaired) electrons. The van der Waals surface area contributed by atoms with Crippen LogP contribution in [0.2, 0.25) is 0 Å². The van der Waals surface area contributed by atoms with Crippen molar-refractivity contribution in [1.29, 1.82) is 0 Å². The van der Waals surface area contributed by atoms with Gasteiger partial charge in [0.2, 0.25) is 0 Å². The van der Waals surface area contributed by atoms with Gasteiger partial charge in [0, 0.05) is 23.1 Å². The molecular formula is C12H13F2NO2S. The molecule has 2 unspecified atom stereocenters. The van der Waals surface area contributed by atoms with Crippen LogP contribution in [0.5, 0.6) is 0 Å². The molecule has 1 aliphatic heterocycles. The van der Waals surface area contributed by atoms with Crippen LogP contribution in [0.25, 0.3) is 0 Å². The highest BCUT2D eigenvalue weighted by Gasteiger charge is 2.29. The molecule has 1 aromatic carbocycles. The van der Waals surface area contributed by atoms with E-state index in [0.29, 0.717) is 11.5 Å². The van der Waals surface area contributed by atoms with Crippen molar-refractivity contribution in [2.45, 2.75) is 19.0 Å². The number of hydrogen-bond donors (Lipinski definition) is 2. The van der Waals surface area contributed by atoms with Gasteiger partial charge in [0.05, 0.1) is 0 Å². The fourth-order valence-corrected chi connectivity index (χ4v) is 3.02. The molecule has 1 heterocycles. The van der Waals surface area contributed by atoms with E-state index in [2.05, 4.69) is 5.32 Å². The highest BCUT2D eigenvalue weighted by atomic mass is 32.2. The van der Waals surface area contributed by atoms with Crippen LogP contribution < -0.4 is 5.32 Å². The molecule has 3 nitrogen and oxygen atoms in total. The van der Waals surface area contributed by atoms with Crippen LogP contribution in [0.1, 0.15) is 17.2 Å². The first-order valence-corrected chi connectivity index (χ1v) is 6.66. The Morgan fingerprint density at radius 2 is 2.11 bits per heavy atom. The van der Waals surface area contributed by atoms with Crippen LogP contribution in [0, 0.1) is 18.6 Å². The van der Waals surface area contributed by atoms with E-state index in [9.17, 15) is 13.6 Å². The Hall–Kier alpha value is -1.14. The fourth-order valence-electron chi connectivity index (χ4n) is 1.89. The van der Waals surface area contributed by atoms with Gasteiger partial charge in [0.15, 0.2) is 0 Å². The van der Waals surface area contributed by atoms with Gasteiger partial charge >= 0.3 is 5.97 Å². The molecule has 1 aromatic rings. The van der Waals surface area contributed by atoms with Crippen LogP contribution in [0.15, 0.2) is 12.1 Å². The number of carboxylic acid groups (broad SMARTS) is 1. The minimum Gasteiger partial charge on any atom is -0.480 e. The van der Waals surface area contributed by atoms with Crippen LogP contribution in [-0.4, -0.2) is 28.6 Å². The molecule has 18 heavy (non-hydrogen) atoms. The highest BCUT2D eigenvalue weighted by Crippen LogP contribution is 2.28. The molecule has 2 N–H and O–H groups in total. The predicted octanol–water partition coefficient (Wildman–Crippen LogP) is 2.10. The highest BCUT2D eigenvalue weighted by molar-refractivity contribution is 7.99. The zero-order valence-corrected chi connectivity index (χ0v) is 10.6. The van der Waals surface area contributed by atoms with E-state index in [-0.39, 0.29) is 11.1 Å². The van der Waals surface area contributed by atoms with Gasteiger partial charge in [0.1, 0.15) is 17.7 Å². The third-order valence-electron chi connectivity index (χ3n) is 2.92. The summed E-state index contributed by atoms with van der Waals surface area (Å²) < 4.78 is 27.2. The normalized spacial score (nSPS) is 23.9. The van der Waals surface area contributed by atoms with Crippen molar-refractivity contribution in [2.75, 3.05) is 11.5 Å². The molecule has 0 spiro atoms. The Kier molecular flexibility index (Phi) is 3.87. The molecule has 98 valence electrons. The monoisotopic (exact) mass is 273 g/mol. The van der Waals surface area contributed by atoms with E-state index in [4.69, 9.17) is 5.11 Å². The molecule has 6 heteroatoms. The number of rotatable bonds is 2. The molecule has 2 atom stereocenters. The summed E-state index contributed by atoms with van der Waals surface area (Å²) in [7, 11) is 0. The SMILES string of the molecule is Cc1cc(F)c(C2CSCC(C(=O)O)N2)cc1F. The van der Waals surface area contributed by atoms with E-state index < -0.39 is 29.7 Å². The number of carbonyl (C=O) groups is 1. The van der Waals surface area contributed by atoms with Crippen LogP contribution in [0.3, 0.4) is 0 Å². The zero-order chi connectivity index (χ0) is 13.3. The average molecular weight is 273 g/mol. The van der Waals surface area contributed by atoms with Crippen molar-refractivity contribution >= 4 is 17.7 Å². The van der Waals surface area contributed by atoms with Crippen molar-refractivity contribution in [1.82, 2.24) is 5.32 Å². The second kappa shape index (κ2) is 5.24. The Morgan fingerprint density at radius 3 is 2.78 bits per heavy atom. The smallest absolute Gasteiger partial charge is 0.321 e. The number of thioether (sulfide) groups is 1. The van der Waals surface area contributed by atoms with E-state index in [0.717, 1.165) is 12.1 Å². The maximum absolute atomic E-state index is 13.8. The molecular weight excluding hydrogens is 260 g/mol. The lowest BCUT2D eigenvalue weighted by molar-refractivity contribution is -0.139. The Labute approximate surface area is 108 Å². The van der Waals surface area contributed by atoms with Gasteiger partial charge in [-0.05, 0) is 24.6 Å². The molecule has 1 saturated heterocycles. The van der Waals surface area contributed by atoms with Gasteiger partial charge in [0.25, 0.3) is 0 Å². The van der Waals surface area contributed by atoms with E-state index in [1.54, 1.807) is 0 Å². The second-order valence-corrected chi connectivity index (χ2v) is 5.35. The Bertz CT molecular complexity index is 481. The van der Waals surface area contributed by atoms with Crippen molar-refractivity contribution in [3.8, 4) is 0 Å². The largest absolute Gasteiger partial charge is 0.480 e. The lowest BCUT2D eigenvalue weighted by Gasteiger charge is -2.28. The lowest BCUT2D eigenvalue weighted by atomic mass is 10.0. The predicted molar refractivity (Wildman–Crippen MR) is 65.7 cm³/mol. The maximum atomic E-state index is 13.8. The van der Waals surface area contributed by atoms with Crippen LogP contribution in [-0.2, 0) is 4.79 Å². The molecule has 0 aliphatic carbocycles. The summed E-state index contributed by atoms with van der Waals surface area (Å²) in [4.78, 5) is 10.9.